The Labute approximate surface area is 109 Å². The molecule has 0 aromatic carbocycles. The quantitative estimate of drug-likeness (QED) is 0.868. The normalized spacial score (nSPS) is 25.1. The number of aryl methyl sites for hydroxylation is 1. The van der Waals surface area contributed by atoms with Crippen LogP contribution < -0.4 is 5.32 Å². The van der Waals surface area contributed by atoms with E-state index in [0.29, 0.717) is 6.04 Å². The molecule has 17 heavy (non-hydrogen) atoms. The highest BCUT2D eigenvalue weighted by Gasteiger charge is 2.20. The van der Waals surface area contributed by atoms with Gasteiger partial charge in [0.05, 0.1) is 6.54 Å². The molecule has 1 aromatic rings. The summed E-state index contributed by atoms with van der Waals surface area (Å²) in [6.07, 6.45) is 8.59. The molecular weight excluding hydrogens is 230 g/mol. The largest absolute Gasteiger partial charge is 0.465 e. The van der Waals surface area contributed by atoms with Gasteiger partial charge in [0.1, 0.15) is 11.5 Å². The highest BCUT2D eigenvalue weighted by atomic mass is 32.2. The second kappa shape index (κ2) is 6.50. The molecule has 1 N–H and O–H groups in total. The SMILES string of the molecule is CCc1ccc(CNC2CCCC(SC)C2)o1. The highest BCUT2D eigenvalue weighted by Crippen LogP contribution is 2.27. The number of hydrogen-bond acceptors (Lipinski definition) is 3. The van der Waals surface area contributed by atoms with E-state index in [0.717, 1.165) is 29.7 Å². The lowest BCUT2D eigenvalue weighted by Gasteiger charge is -2.28. The lowest BCUT2D eigenvalue weighted by Crippen LogP contribution is -2.34. The first-order valence-corrected chi connectivity index (χ1v) is 7.94. The van der Waals surface area contributed by atoms with Crippen LogP contribution >= 0.6 is 11.8 Å². The van der Waals surface area contributed by atoms with Gasteiger partial charge in [-0.2, -0.15) is 11.8 Å². The summed E-state index contributed by atoms with van der Waals surface area (Å²) in [4.78, 5) is 0. The van der Waals surface area contributed by atoms with Crippen molar-refractivity contribution < 1.29 is 4.42 Å². The molecule has 0 saturated heterocycles. The molecule has 96 valence electrons. The summed E-state index contributed by atoms with van der Waals surface area (Å²) in [6.45, 7) is 3.01. The first-order chi connectivity index (χ1) is 8.31. The van der Waals surface area contributed by atoms with Gasteiger partial charge in [0.2, 0.25) is 0 Å². The molecule has 0 aliphatic heterocycles. The molecular formula is C14H23NOS. The van der Waals surface area contributed by atoms with Crippen molar-refractivity contribution in [1.29, 1.82) is 0 Å². The Bertz CT molecular complexity index is 337. The Hall–Kier alpha value is -0.410. The summed E-state index contributed by atoms with van der Waals surface area (Å²) in [5.74, 6) is 2.17. The third-order valence-electron chi connectivity index (χ3n) is 3.59. The van der Waals surface area contributed by atoms with Gasteiger partial charge in [-0.15, -0.1) is 0 Å². The van der Waals surface area contributed by atoms with E-state index < -0.39 is 0 Å². The van der Waals surface area contributed by atoms with Crippen LogP contribution in [0.4, 0.5) is 0 Å². The fraction of sp³-hybridized carbons (Fsp3) is 0.714. The van der Waals surface area contributed by atoms with E-state index in [1.165, 1.54) is 25.7 Å². The molecule has 0 amide bonds. The van der Waals surface area contributed by atoms with Crippen molar-refractivity contribution in [2.45, 2.75) is 56.9 Å². The van der Waals surface area contributed by atoms with E-state index in [4.69, 9.17) is 4.42 Å². The first kappa shape index (κ1) is 13.0. The molecule has 1 fully saturated rings. The van der Waals surface area contributed by atoms with Crippen molar-refractivity contribution >= 4 is 11.8 Å². The molecule has 3 heteroatoms. The van der Waals surface area contributed by atoms with Crippen LogP contribution in [-0.4, -0.2) is 17.5 Å². The molecule has 0 radical (unpaired) electrons. The van der Waals surface area contributed by atoms with E-state index in [-0.39, 0.29) is 0 Å². The van der Waals surface area contributed by atoms with Crippen LogP contribution in [0.1, 0.15) is 44.1 Å². The van der Waals surface area contributed by atoms with Gasteiger partial charge in [0, 0.05) is 17.7 Å². The third-order valence-corrected chi connectivity index (χ3v) is 4.68. The zero-order valence-corrected chi connectivity index (χ0v) is 11.7. The van der Waals surface area contributed by atoms with E-state index in [9.17, 15) is 0 Å². The van der Waals surface area contributed by atoms with E-state index in [1.54, 1.807) is 0 Å². The minimum Gasteiger partial charge on any atom is -0.465 e. The predicted octanol–water partition coefficient (Wildman–Crippen LogP) is 3.61. The van der Waals surface area contributed by atoms with Crippen LogP contribution in [-0.2, 0) is 13.0 Å². The summed E-state index contributed by atoms with van der Waals surface area (Å²) < 4.78 is 5.71. The fourth-order valence-corrected chi connectivity index (χ4v) is 3.32. The van der Waals surface area contributed by atoms with Crippen LogP contribution in [0.15, 0.2) is 16.5 Å². The number of thioether (sulfide) groups is 1. The van der Waals surface area contributed by atoms with Crippen LogP contribution in [0.5, 0.6) is 0 Å². The van der Waals surface area contributed by atoms with Gasteiger partial charge in [0.25, 0.3) is 0 Å². The maximum absolute atomic E-state index is 5.71. The molecule has 0 bridgehead atoms. The van der Waals surface area contributed by atoms with Gasteiger partial charge in [-0.1, -0.05) is 13.3 Å². The van der Waals surface area contributed by atoms with E-state index >= 15 is 0 Å². The second-order valence-corrected chi connectivity index (χ2v) is 5.96. The number of furan rings is 1. The van der Waals surface area contributed by atoms with Crippen molar-refractivity contribution in [1.82, 2.24) is 5.32 Å². The molecule has 1 saturated carbocycles. The van der Waals surface area contributed by atoms with E-state index in [2.05, 4.69) is 30.6 Å². The van der Waals surface area contributed by atoms with E-state index in [1.807, 2.05) is 11.8 Å². The number of rotatable bonds is 5. The average molecular weight is 253 g/mol. The topological polar surface area (TPSA) is 25.2 Å². The maximum Gasteiger partial charge on any atom is 0.117 e. The van der Waals surface area contributed by atoms with Crippen molar-refractivity contribution in [3.63, 3.8) is 0 Å². The fourth-order valence-electron chi connectivity index (χ4n) is 2.50. The Morgan fingerprint density at radius 2 is 2.18 bits per heavy atom. The zero-order chi connectivity index (χ0) is 12.1. The molecule has 2 nitrogen and oxygen atoms in total. The van der Waals surface area contributed by atoms with Crippen molar-refractivity contribution in [3.8, 4) is 0 Å². The number of hydrogen-bond donors (Lipinski definition) is 1. The second-order valence-electron chi connectivity index (χ2n) is 4.82. The van der Waals surface area contributed by atoms with Gasteiger partial charge >= 0.3 is 0 Å². The first-order valence-electron chi connectivity index (χ1n) is 6.65. The van der Waals surface area contributed by atoms with Crippen molar-refractivity contribution in [2.75, 3.05) is 6.26 Å². The highest BCUT2D eigenvalue weighted by molar-refractivity contribution is 7.99. The molecule has 2 rings (SSSR count). The molecule has 1 heterocycles. The lowest BCUT2D eigenvalue weighted by molar-refractivity contribution is 0.358. The van der Waals surface area contributed by atoms with Gasteiger partial charge < -0.3 is 9.73 Å². The lowest BCUT2D eigenvalue weighted by atomic mass is 9.95. The van der Waals surface area contributed by atoms with Crippen LogP contribution in [0.2, 0.25) is 0 Å². The summed E-state index contributed by atoms with van der Waals surface area (Å²) >= 11 is 2.02. The summed E-state index contributed by atoms with van der Waals surface area (Å²) in [5, 5.41) is 4.48. The maximum atomic E-state index is 5.71. The molecule has 2 atom stereocenters. The Balaban J connectivity index is 1.77. The summed E-state index contributed by atoms with van der Waals surface area (Å²) in [6, 6.07) is 4.86. The summed E-state index contributed by atoms with van der Waals surface area (Å²) in [7, 11) is 0. The van der Waals surface area contributed by atoms with Crippen LogP contribution in [0.25, 0.3) is 0 Å². The zero-order valence-electron chi connectivity index (χ0n) is 10.9. The minimum atomic E-state index is 0.677. The van der Waals surface area contributed by atoms with Crippen LogP contribution in [0, 0.1) is 0 Å². The summed E-state index contributed by atoms with van der Waals surface area (Å²) in [5.41, 5.74) is 0. The Morgan fingerprint density at radius 3 is 2.88 bits per heavy atom. The van der Waals surface area contributed by atoms with Crippen LogP contribution in [0.3, 0.4) is 0 Å². The molecule has 1 aliphatic rings. The van der Waals surface area contributed by atoms with Gasteiger partial charge in [0.15, 0.2) is 0 Å². The Kier molecular flexibility index (Phi) is 4.99. The number of nitrogens with one attached hydrogen (secondary N) is 1. The Morgan fingerprint density at radius 1 is 1.35 bits per heavy atom. The van der Waals surface area contributed by atoms with Gasteiger partial charge in [-0.25, -0.2) is 0 Å². The van der Waals surface area contributed by atoms with Crippen molar-refractivity contribution in [2.24, 2.45) is 0 Å². The molecule has 1 aliphatic carbocycles. The monoisotopic (exact) mass is 253 g/mol. The minimum absolute atomic E-state index is 0.677. The van der Waals surface area contributed by atoms with Gasteiger partial charge in [-0.05, 0) is 37.7 Å². The average Bonchev–Trinajstić information content (AvgIpc) is 2.84. The van der Waals surface area contributed by atoms with Gasteiger partial charge in [-0.3, -0.25) is 0 Å². The molecule has 2 unspecified atom stereocenters. The molecule has 1 aromatic heterocycles. The smallest absolute Gasteiger partial charge is 0.117 e. The predicted molar refractivity (Wildman–Crippen MR) is 74.5 cm³/mol. The van der Waals surface area contributed by atoms with Crippen molar-refractivity contribution in [3.05, 3.63) is 23.7 Å². The standard InChI is InChI=1S/C14H23NOS/c1-3-12-7-8-13(16-12)10-15-11-5-4-6-14(9-11)17-2/h7-8,11,14-15H,3-6,9-10H2,1-2H3. The molecule has 0 spiro atoms. The third kappa shape index (κ3) is 3.78.